The van der Waals surface area contributed by atoms with E-state index in [-0.39, 0.29) is 15.9 Å². The average Bonchev–Trinajstić information content (AvgIpc) is 2.52. The maximum Gasteiger partial charge on any atom is 0.314 e. The number of ether oxygens (including phenoxy) is 1. The van der Waals surface area contributed by atoms with Crippen molar-refractivity contribution in [3.8, 4) is 5.75 Å². The fraction of sp³-hybridized carbons (Fsp3) is 0.333. The highest BCUT2D eigenvalue weighted by Crippen LogP contribution is 2.42. The van der Waals surface area contributed by atoms with Gasteiger partial charge in [0.25, 0.3) is 0 Å². The van der Waals surface area contributed by atoms with Crippen molar-refractivity contribution in [2.75, 3.05) is 25.5 Å². The van der Waals surface area contributed by atoms with Gasteiger partial charge in [-0.2, -0.15) is 0 Å². The quantitative estimate of drug-likeness (QED) is 0.472. The molecule has 23 heavy (non-hydrogen) atoms. The molecule has 1 aromatic carbocycles. The lowest BCUT2D eigenvalue weighted by Gasteiger charge is -2.26. The van der Waals surface area contributed by atoms with Crippen molar-refractivity contribution >= 4 is 34.6 Å². The minimum atomic E-state index is -0.529. The molecule has 2 rings (SSSR count). The highest BCUT2D eigenvalue weighted by molar-refractivity contribution is 6.40. The average molecular weight is 358 g/mol. The second-order valence-electron chi connectivity index (χ2n) is 4.79. The molecular weight excluding hydrogens is 341 g/mol. The van der Waals surface area contributed by atoms with E-state index in [1.165, 1.54) is 7.11 Å². The van der Waals surface area contributed by atoms with E-state index in [2.05, 4.69) is 5.32 Å². The maximum absolute atomic E-state index is 11.5. The number of rotatable bonds is 6. The summed E-state index contributed by atoms with van der Waals surface area (Å²) in [5, 5.41) is 14.6. The molecule has 0 saturated heterocycles. The van der Waals surface area contributed by atoms with Gasteiger partial charge in [0.15, 0.2) is 5.03 Å². The van der Waals surface area contributed by atoms with Gasteiger partial charge >= 0.3 is 5.70 Å². The highest BCUT2D eigenvalue weighted by atomic mass is 35.5. The van der Waals surface area contributed by atoms with Crippen LogP contribution in [0.5, 0.6) is 5.75 Å². The topological polar surface area (TPSA) is 67.6 Å². The zero-order valence-corrected chi connectivity index (χ0v) is 14.5. The second kappa shape index (κ2) is 7.10. The van der Waals surface area contributed by atoms with E-state index >= 15 is 0 Å². The zero-order valence-electron chi connectivity index (χ0n) is 13.0. The predicted molar refractivity (Wildman–Crippen MR) is 92.2 cm³/mol. The summed E-state index contributed by atoms with van der Waals surface area (Å²) in [6.45, 7) is 5.00. The smallest absolute Gasteiger partial charge is 0.314 e. The molecule has 1 aromatic rings. The van der Waals surface area contributed by atoms with Crippen molar-refractivity contribution in [2.24, 2.45) is 0 Å². The van der Waals surface area contributed by atoms with Crippen molar-refractivity contribution in [3.63, 3.8) is 0 Å². The van der Waals surface area contributed by atoms with Crippen molar-refractivity contribution < 1.29 is 9.66 Å². The Morgan fingerprint density at radius 1 is 1.35 bits per heavy atom. The molecule has 1 aliphatic heterocycles. The highest BCUT2D eigenvalue weighted by Gasteiger charge is 2.34. The zero-order chi connectivity index (χ0) is 17.1. The summed E-state index contributed by atoms with van der Waals surface area (Å²) in [5.41, 5.74) is 1.55. The van der Waals surface area contributed by atoms with Crippen LogP contribution in [0.4, 0.5) is 5.69 Å². The summed E-state index contributed by atoms with van der Waals surface area (Å²) in [5.74, 6) is 0.611. The van der Waals surface area contributed by atoms with Crippen LogP contribution in [-0.2, 0) is 0 Å². The third-order valence-electron chi connectivity index (χ3n) is 3.61. The molecule has 0 unspecified atom stereocenters. The fourth-order valence-corrected chi connectivity index (χ4v) is 2.92. The Morgan fingerprint density at radius 3 is 2.52 bits per heavy atom. The van der Waals surface area contributed by atoms with Gasteiger partial charge in [-0.3, -0.25) is 10.1 Å². The Balaban J connectivity index is 2.55. The molecule has 1 N–H and O–H groups in total. The first-order valence-corrected chi connectivity index (χ1v) is 7.84. The first-order valence-electron chi connectivity index (χ1n) is 7.09. The molecule has 0 amide bonds. The van der Waals surface area contributed by atoms with E-state index < -0.39 is 4.92 Å². The SMILES string of the molecule is CCN(CC)/C(Cl)=C(Cl)\C(=C1\Nc2ccc(OC)cc21)[N+](=O)[O-]. The molecule has 6 nitrogen and oxygen atoms in total. The van der Waals surface area contributed by atoms with Gasteiger partial charge in [-0.15, -0.1) is 0 Å². The standard InChI is InChI=1S/C15H17Cl2N3O3/c1-4-19(5-2)15(17)12(16)14(20(21)22)13-10-8-9(23-3)6-7-11(10)18-13/h6-8,18H,4-5H2,1-3H3/b14-13-,15-12+. The number of halogens is 2. The Kier molecular flexibility index (Phi) is 5.38. The lowest BCUT2D eigenvalue weighted by molar-refractivity contribution is -0.418. The first-order chi connectivity index (χ1) is 10.9. The Labute approximate surface area is 144 Å². The van der Waals surface area contributed by atoms with Gasteiger partial charge in [-0.25, -0.2) is 0 Å². The van der Waals surface area contributed by atoms with E-state index in [1.807, 2.05) is 13.8 Å². The monoisotopic (exact) mass is 357 g/mol. The van der Waals surface area contributed by atoms with Gasteiger partial charge < -0.3 is 15.0 Å². The van der Waals surface area contributed by atoms with Gasteiger partial charge in [-0.1, -0.05) is 23.2 Å². The number of anilines is 1. The molecule has 1 heterocycles. The molecule has 0 aliphatic carbocycles. The third-order valence-corrected chi connectivity index (χ3v) is 4.49. The number of hydrogen-bond acceptors (Lipinski definition) is 5. The Morgan fingerprint density at radius 2 is 2.00 bits per heavy atom. The lowest BCUT2D eigenvalue weighted by Crippen LogP contribution is -2.23. The number of nitrogens with one attached hydrogen (secondary N) is 1. The number of benzene rings is 1. The van der Waals surface area contributed by atoms with Crippen LogP contribution < -0.4 is 10.1 Å². The number of fused-ring (bicyclic) bond motifs is 1. The molecule has 0 spiro atoms. The third kappa shape index (κ3) is 3.23. The molecule has 0 fully saturated rings. The Bertz CT molecular complexity index is 697. The molecule has 0 radical (unpaired) electrons. The van der Waals surface area contributed by atoms with Crippen LogP contribution in [0, 0.1) is 10.1 Å². The number of nitro groups is 1. The summed E-state index contributed by atoms with van der Waals surface area (Å²) in [6.07, 6.45) is 0. The van der Waals surface area contributed by atoms with Crippen LogP contribution in [0.1, 0.15) is 19.4 Å². The van der Waals surface area contributed by atoms with Crippen LogP contribution in [0.15, 0.2) is 34.1 Å². The van der Waals surface area contributed by atoms with Crippen LogP contribution in [0.3, 0.4) is 0 Å². The second-order valence-corrected chi connectivity index (χ2v) is 5.53. The van der Waals surface area contributed by atoms with Crippen molar-refractivity contribution in [2.45, 2.75) is 13.8 Å². The molecule has 1 aliphatic rings. The molecule has 124 valence electrons. The van der Waals surface area contributed by atoms with Crippen LogP contribution in [-0.4, -0.2) is 30.0 Å². The first kappa shape index (κ1) is 17.4. The molecule has 8 heteroatoms. The van der Waals surface area contributed by atoms with E-state index in [9.17, 15) is 10.1 Å². The van der Waals surface area contributed by atoms with Crippen LogP contribution >= 0.6 is 23.2 Å². The van der Waals surface area contributed by atoms with Gasteiger partial charge in [0.1, 0.15) is 16.6 Å². The fourth-order valence-electron chi connectivity index (χ4n) is 2.31. The summed E-state index contributed by atoms with van der Waals surface area (Å²) in [7, 11) is 1.54. The normalized spacial score (nSPS) is 15.7. The number of hydrogen-bond donors (Lipinski definition) is 1. The summed E-state index contributed by atoms with van der Waals surface area (Å²) < 4.78 is 5.15. The van der Waals surface area contributed by atoms with Crippen molar-refractivity contribution in [1.29, 1.82) is 0 Å². The maximum atomic E-state index is 11.5. The van der Waals surface area contributed by atoms with Gasteiger partial charge in [-0.05, 0) is 32.0 Å². The number of nitrogens with zero attached hydrogens (tertiary/aromatic N) is 2. The van der Waals surface area contributed by atoms with E-state index in [0.29, 0.717) is 30.1 Å². The summed E-state index contributed by atoms with van der Waals surface area (Å²) in [4.78, 5) is 12.7. The number of methoxy groups -OCH3 is 1. The van der Waals surface area contributed by atoms with Crippen molar-refractivity contribution in [1.82, 2.24) is 4.90 Å². The minimum Gasteiger partial charge on any atom is -0.497 e. The predicted octanol–water partition coefficient (Wildman–Crippen LogP) is 4.05. The molecule has 0 saturated carbocycles. The van der Waals surface area contributed by atoms with E-state index in [1.54, 1.807) is 23.1 Å². The summed E-state index contributed by atoms with van der Waals surface area (Å²) >= 11 is 12.5. The van der Waals surface area contributed by atoms with Gasteiger partial charge in [0.05, 0.1) is 12.0 Å². The van der Waals surface area contributed by atoms with E-state index in [0.717, 1.165) is 5.69 Å². The van der Waals surface area contributed by atoms with Crippen LogP contribution in [0.25, 0.3) is 5.70 Å². The Hall–Kier alpha value is -1.92. The summed E-state index contributed by atoms with van der Waals surface area (Å²) in [6, 6.07) is 5.29. The van der Waals surface area contributed by atoms with Crippen molar-refractivity contribution in [3.05, 3.63) is 49.8 Å². The lowest BCUT2D eigenvalue weighted by atomic mass is 9.99. The largest absolute Gasteiger partial charge is 0.497 e. The molecular formula is C15H17Cl2N3O3. The molecule has 0 aromatic heterocycles. The van der Waals surface area contributed by atoms with Gasteiger partial charge in [0, 0.05) is 24.3 Å². The minimum absolute atomic E-state index is 0.0867. The molecule has 0 bridgehead atoms. The van der Waals surface area contributed by atoms with E-state index in [4.69, 9.17) is 27.9 Å². The molecule has 0 atom stereocenters. The number of allylic oxidation sites excluding steroid dienone is 1. The van der Waals surface area contributed by atoms with Gasteiger partial charge in [0.2, 0.25) is 0 Å². The van der Waals surface area contributed by atoms with Crippen LogP contribution in [0.2, 0.25) is 0 Å².